The summed E-state index contributed by atoms with van der Waals surface area (Å²) in [6, 6.07) is 4.92. The van der Waals surface area contributed by atoms with Crippen LogP contribution in [-0.4, -0.2) is 15.8 Å². The van der Waals surface area contributed by atoms with E-state index in [2.05, 4.69) is 9.97 Å². The molecule has 0 atom stereocenters. The Hall–Kier alpha value is -1.94. The molecule has 0 aliphatic rings. The molecular weight excluding hydrogens is 238 g/mol. The molecule has 0 aromatic carbocycles. The van der Waals surface area contributed by atoms with Crippen LogP contribution in [-0.2, 0) is 0 Å². The van der Waals surface area contributed by atoms with E-state index in [0.29, 0.717) is 16.3 Å². The van der Waals surface area contributed by atoms with Crippen molar-refractivity contribution in [1.82, 2.24) is 9.97 Å². The van der Waals surface area contributed by atoms with Crippen molar-refractivity contribution in [3.8, 4) is 0 Å². The van der Waals surface area contributed by atoms with Crippen molar-refractivity contribution in [3.63, 3.8) is 0 Å². The zero-order chi connectivity index (χ0) is 12.4. The number of hydrogen-bond donors (Lipinski definition) is 1. The fourth-order valence-electron chi connectivity index (χ4n) is 1.53. The van der Waals surface area contributed by atoms with Crippen LogP contribution in [0.5, 0.6) is 0 Å². The fourth-order valence-corrected chi connectivity index (χ4v) is 1.64. The van der Waals surface area contributed by atoms with Gasteiger partial charge in [-0.1, -0.05) is 11.6 Å². The summed E-state index contributed by atoms with van der Waals surface area (Å²) in [4.78, 5) is 20.0. The molecule has 0 aliphatic carbocycles. The van der Waals surface area contributed by atoms with Gasteiger partial charge >= 0.3 is 0 Å². The number of nitrogens with two attached hydrogens (primary N) is 1. The number of rotatable bonds is 2. The smallest absolute Gasteiger partial charge is 0.198 e. The number of aryl methyl sites for hydroxylation is 1. The van der Waals surface area contributed by atoms with Gasteiger partial charge in [0.1, 0.15) is 11.0 Å². The average molecular weight is 248 g/mol. The molecule has 2 heterocycles. The first-order chi connectivity index (χ1) is 8.09. The second kappa shape index (κ2) is 4.51. The van der Waals surface area contributed by atoms with Gasteiger partial charge in [-0.25, -0.2) is 9.97 Å². The molecule has 0 saturated heterocycles. The van der Waals surface area contributed by atoms with Crippen LogP contribution in [0.4, 0.5) is 5.82 Å². The van der Waals surface area contributed by atoms with Gasteiger partial charge in [0.15, 0.2) is 5.78 Å². The van der Waals surface area contributed by atoms with E-state index in [1.54, 1.807) is 24.4 Å². The van der Waals surface area contributed by atoms with Gasteiger partial charge in [0, 0.05) is 18.0 Å². The zero-order valence-corrected chi connectivity index (χ0v) is 9.90. The van der Waals surface area contributed by atoms with Crippen LogP contribution in [0.2, 0.25) is 5.15 Å². The van der Waals surface area contributed by atoms with Crippen molar-refractivity contribution in [2.45, 2.75) is 6.92 Å². The van der Waals surface area contributed by atoms with E-state index < -0.39 is 0 Å². The standard InChI is InChI=1S/C12H10ClN3O/c1-7-4-5-15-12(14)10(7)11(17)8-2-3-9(13)16-6-8/h2-6H,1H3,(H2,14,15). The number of anilines is 1. The van der Waals surface area contributed by atoms with Gasteiger partial charge in [0.25, 0.3) is 0 Å². The van der Waals surface area contributed by atoms with Crippen LogP contribution < -0.4 is 5.73 Å². The van der Waals surface area contributed by atoms with Crippen LogP contribution in [0.3, 0.4) is 0 Å². The van der Waals surface area contributed by atoms with E-state index in [1.165, 1.54) is 6.20 Å². The van der Waals surface area contributed by atoms with Gasteiger partial charge in [-0.05, 0) is 30.7 Å². The maximum atomic E-state index is 12.2. The van der Waals surface area contributed by atoms with Crippen LogP contribution >= 0.6 is 11.6 Å². The number of nitrogen functional groups attached to an aromatic ring is 1. The highest BCUT2D eigenvalue weighted by Gasteiger charge is 2.15. The quantitative estimate of drug-likeness (QED) is 0.653. The summed E-state index contributed by atoms with van der Waals surface area (Å²) < 4.78 is 0. The maximum Gasteiger partial charge on any atom is 0.198 e. The number of hydrogen-bond acceptors (Lipinski definition) is 4. The maximum absolute atomic E-state index is 12.2. The van der Waals surface area contributed by atoms with Crippen molar-refractivity contribution in [2.75, 3.05) is 5.73 Å². The van der Waals surface area contributed by atoms with Gasteiger partial charge in [-0.15, -0.1) is 0 Å². The Kier molecular flexibility index (Phi) is 3.06. The Morgan fingerprint density at radius 2 is 2.06 bits per heavy atom. The Morgan fingerprint density at radius 3 is 2.65 bits per heavy atom. The SMILES string of the molecule is Cc1ccnc(N)c1C(=O)c1ccc(Cl)nc1. The van der Waals surface area contributed by atoms with Gasteiger partial charge < -0.3 is 5.73 Å². The first kappa shape index (κ1) is 11.5. The molecule has 17 heavy (non-hydrogen) atoms. The van der Waals surface area contributed by atoms with E-state index in [-0.39, 0.29) is 11.6 Å². The summed E-state index contributed by atoms with van der Waals surface area (Å²) in [5.74, 6) is 0.0298. The number of aromatic nitrogens is 2. The van der Waals surface area contributed by atoms with Crippen molar-refractivity contribution >= 4 is 23.2 Å². The molecule has 5 heteroatoms. The van der Waals surface area contributed by atoms with E-state index in [4.69, 9.17) is 17.3 Å². The molecule has 0 bridgehead atoms. The third-order valence-corrected chi connectivity index (χ3v) is 2.63. The molecule has 0 aliphatic heterocycles. The summed E-state index contributed by atoms with van der Waals surface area (Å²) in [5.41, 5.74) is 7.36. The van der Waals surface area contributed by atoms with Gasteiger partial charge in [-0.2, -0.15) is 0 Å². The molecule has 0 radical (unpaired) electrons. The van der Waals surface area contributed by atoms with E-state index in [9.17, 15) is 4.79 Å². The first-order valence-electron chi connectivity index (χ1n) is 4.97. The number of nitrogens with zero attached hydrogens (tertiary/aromatic N) is 2. The minimum Gasteiger partial charge on any atom is -0.383 e. The predicted octanol–water partition coefficient (Wildman–Crippen LogP) is 2.25. The molecule has 86 valence electrons. The Bertz CT molecular complexity index is 546. The minimum absolute atomic E-state index is 0.197. The Morgan fingerprint density at radius 1 is 1.29 bits per heavy atom. The Balaban J connectivity index is 2.47. The van der Waals surface area contributed by atoms with Crippen molar-refractivity contribution in [3.05, 3.63) is 52.4 Å². The normalized spacial score (nSPS) is 10.2. The third-order valence-electron chi connectivity index (χ3n) is 2.41. The second-order valence-electron chi connectivity index (χ2n) is 3.59. The van der Waals surface area contributed by atoms with Crippen LogP contribution in [0.1, 0.15) is 21.5 Å². The predicted molar refractivity (Wildman–Crippen MR) is 66.1 cm³/mol. The molecule has 4 nitrogen and oxygen atoms in total. The minimum atomic E-state index is -0.197. The monoisotopic (exact) mass is 247 g/mol. The topological polar surface area (TPSA) is 68.9 Å². The van der Waals surface area contributed by atoms with E-state index in [0.717, 1.165) is 5.56 Å². The summed E-state index contributed by atoms with van der Waals surface area (Å²) in [7, 11) is 0. The number of carbonyl (C=O) groups is 1. The lowest BCUT2D eigenvalue weighted by atomic mass is 10.0. The Labute approximate surface area is 103 Å². The fraction of sp³-hybridized carbons (Fsp3) is 0.0833. The third kappa shape index (κ3) is 2.26. The molecular formula is C12H10ClN3O. The molecule has 2 aromatic rings. The summed E-state index contributed by atoms with van der Waals surface area (Å²) >= 11 is 5.67. The second-order valence-corrected chi connectivity index (χ2v) is 3.97. The van der Waals surface area contributed by atoms with Gasteiger partial charge in [-0.3, -0.25) is 4.79 Å². The van der Waals surface area contributed by atoms with Crippen molar-refractivity contribution < 1.29 is 4.79 Å². The number of ketones is 1. The van der Waals surface area contributed by atoms with Crippen molar-refractivity contribution in [1.29, 1.82) is 0 Å². The number of pyridine rings is 2. The van der Waals surface area contributed by atoms with Gasteiger partial charge in [0.2, 0.25) is 0 Å². The molecule has 2 rings (SSSR count). The average Bonchev–Trinajstić information content (AvgIpc) is 2.29. The molecule has 2 aromatic heterocycles. The van der Waals surface area contributed by atoms with E-state index in [1.807, 2.05) is 6.92 Å². The zero-order valence-electron chi connectivity index (χ0n) is 9.14. The lowest BCUT2D eigenvalue weighted by Gasteiger charge is -2.06. The van der Waals surface area contributed by atoms with Crippen LogP contribution in [0.15, 0.2) is 30.6 Å². The highest BCUT2D eigenvalue weighted by molar-refractivity contribution is 6.29. The molecule has 0 unspecified atom stereocenters. The molecule has 0 saturated carbocycles. The van der Waals surface area contributed by atoms with Crippen molar-refractivity contribution in [2.24, 2.45) is 0 Å². The number of halogens is 1. The van der Waals surface area contributed by atoms with Crippen LogP contribution in [0, 0.1) is 6.92 Å². The largest absolute Gasteiger partial charge is 0.383 e. The summed E-state index contributed by atoms with van der Waals surface area (Å²) in [5, 5.41) is 0.345. The molecule has 0 spiro atoms. The highest BCUT2D eigenvalue weighted by atomic mass is 35.5. The van der Waals surface area contributed by atoms with E-state index >= 15 is 0 Å². The first-order valence-corrected chi connectivity index (χ1v) is 5.34. The lowest BCUT2D eigenvalue weighted by molar-refractivity contribution is 0.103. The lowest BCUT2D eigenvalue weighted by Crippen LogP contribution is -2.09. The molecule has 2 N–H and O–H groups in total. The molecule has 0 amide bonds. The summed E-state index contributed by atoms with van der Waals surface area (Å²) in [6.07, 6.45) is 3.00. The molecule has 0 fully saturated rings. The van der Waals surface area contributed by atoms with Crippen LogP contribution in [0.25, 0.3) is 0 Å². The number of carbonyl (C=O) groups excluding carboxylic acids is 1. The summed E-state index contributed by atoms with van der Waals surface area (Å²) in [6.45, 7) is 1.81. The van der Waals surface area contributed by atoms with Gasteiger partial charge in [0.05, 0.1) is 5.56 Å². The highest BCUT2D eigenvalue weighted by Crippen LogP contribution is 2.18.